The summed E-state index contributed by atoms with van der Waals surface area (Å²) >= 11 is 0. The predicted octanol–water partition coefficient (Wildman–Crippen LogP) is 1.54. The van der Waals surface area contributed by atoms with Crippen LogP contribution in [0.4, 0.5) is 0 Å². The Balaban J connectivity index is 2.85. The maximum atomic E-state index is 12.1. The molecule has 1 aromatic rings. The van der Waals surface area contributed by atoms with E-state index in [1.807, 2.05) is 20.8 Å². The molecule has 0 bridgehead atoms. The zero-order chi connectivity index (χ0) is 13.8. The van der Waals surface area contributed by atoms with Crippen LogP contribution in [-0.2, 0) is 16.4 Å². The van der Waals surface area contributed by atoms with Crippen molar-refractivity contribution in [2.75, 3.05) is 6.61 Å². The largest absolute Gasteiger partial charge is 0.396 e. The third kappa shape index (κ3) is 4.08. The molecule has 0 aliphatic heterocycles. The summed E-state index contributed by atoms with van der Waals surface area (Å²) in [6, 6.07) is 6.49. The fourth-order valence-corrected chi connectivity index (χ4v) is 2.81. The van der Waals surface area contributed by atoms with E-state index in [0.717, 1.165) is 5.56 Å². The number of hydrogen-bond acceptors (Lipinski definition) is 3. The van der Waals surface area contributed by atoms with Crippen LogP contribution in [-0.4, -0.2) is 26.2 Å². The second kappa shape index (κ2) is 6.31. The molecule has 1 rings (SSSR count). The number of aliphatic hydroxyl groups excluding tert-OH is 1. The molecule has 2 N–H and O–H groups in total. The van der Waals surface area contributed by atoms with Gasteiger partial charge in [0.2, 0.25) is 10.0 Å². The lowest BCUT2D eigenvalue weighted by molar-refractivity contribution is 0.299. The van der Waals surface area contributed by atoms with Gasteiger partial charge in [-0.3, -0.25) is 0 Å². The average Bonchev–Trinajstić information content (AvgIpc) is 2.29. The standard InChI is InChI=1S/C13H21NO3S/c1-10(2)11(3)14-18(16,17)13-6-4-12(5-7-13)8-9-15/h4-7,10-11,14-15H,8-9H2,1-3H3. The minimum Gasteiger partial charge on any atom is -0.396 e. The zero-order valence-corrected chi connectivity index (χ0v) is 11.9. The monoisotopic (exact) mass is 271 g/mol. The molecular weight excluding hydrogens is 250 g/mol. The smallest absolute Gasteiger partial charge is 0.240 e. The summed E-state index contributed by atoms with van der Waals surface area (Å²) in [5.41, 5.74) is 0.924. The Morgan fingerprint density at radius 1 is 1.17 bits per heavy atom. The Morgan fingerprint density at radius 3 is 2.17 bits per heavy atom. The Morgan fingerprint density at radius 2 is 1.72 bits per heavy atom. The highest BCUT2D eigenvalue weighted by Gasteiger charge is 2.18. The summed E-state index contributed by atoms with van der Waals surface area (Å²) in [4.78, 5) is 0.261. The third-order valence-electron chi connectivity index (χ3n) is 2.98. The molecule has 1 aromatic carbocycles. The van der Waals surface area contributed by atoms with Crippen molar-refractivity contribution in [3.8, 4) is 0 Å². The Hall–Kier alpha value is -0.910. The molecule has 0 aromatic heterocycles. The molecule has 0 aliphatic carbocycles. The fraction of sp³-hybridized carbons (Fsp3) is 0.538. The molecule has 1 unspecified atom stereocenters. The van der Waals surface area contributed by atoms with Crippen molar-refractivity contribution in [3.05, 3.63) is 29.8 Å². The molecule has 0 saturated heterocycles. The van der Waals surface area contributed by atoms with Crippen molar-refractivity contribution >= 4 is 10.0 Å². The van der Waals surface area contributed by atoms with Gasteiger partial charge in [0.05, 0.1) is 4.90 Å². The van der Waals surface area contributed by atoms with Crippen molar-refractivity contribution in [1.82, 2.24) is 4.72 Å². The van der Waals surface area contributed by atoms with Crippen LogP contribution in [0.25, 0.3) is 0 Å². The third-order valence-corrected chi connectivity index (χ3v) is 4.55. The van der Waals surface area contributed by atoms with Crippen LogP contribution in [0.15, 0.2) is 29.2 Å². The number of nitrogens with one attached hydrogen (secondary N) is 1. The van der Waals surface area contributed by atoms with Crippen LogP contribution in [0.5, 0.6) is 0 Å². The quantitative estimate of drug-likeness (QED) is 0.825. The van der Waals surface area contributed by atoms with E-state index in [0.29, 0.717) is 6.42 Å². The number of rotatable bonds is 6. The van der Waals surface area contributed by atoms with Crippen molar-refractivity contribution in [1.29, 1.82) is 0 Å². The summed E-state index contributed by atoms with van der Waals surface area (Å²) in [5, 5.41) is 8.80. The van der Waals surface area contributed by atoms with Crippen LogP contribution in [0.2, 0.25) is 0 Å². The molecule has 18 heavy (non-hydrogen) atoms. The van der Waals surface area contributed by atoms with E-state index in [2.05, 4.69) is 4.72 Å². The van der Waals surface area contributed by atoms with Crippen LogP contribution in [0.1, 0.15) is 26.3 Å². The van der Waals surface area contributed by atoms with Gasteiger partial charge in [0.25, 0.3) is 0 Å². The zero-order valence-electron chi connectivity index (χ0n) is 11.1. The van der Waals surface area contributed by atoms with Crippen LogP contribution >= 0.6 is 0 Å². The van der Waals surface area contributed by atoms with E-state index >= 15 is 0 Å². The molecule has 4 nitrogen and oxygen atoms in total. The maximum Gasteiger partial charge on any atom is 0.240 e. The van der Waals surface area contributed by atoms with Crippen LogP contribution in [0, 0.1) is 5.92 Å². The molecule has 5 heteroatoms. The number of sulfonamides is 1. The van der Waals surface area contributed by atoms with Gasteiger partial charge in [-0.1, -0.05) is 26.0 Å². The van der Waals surface area contributed by atoms with Gasteiger partial charge in [0.1, 0.15) is 0 Å². The predicted molar refractivity (Wildman–Crippen MR) is 71.9 cm³/mol. The second-order valence-electron chi connectivity index (χ2n) is 4.77. The van der Waals surface area contributed by atoms with Gasteiger partial charge < -0.3 is 5.11 Å². The van der Waals surface area contributed by atoms with Crippen LogP contribution < -0.4 is 4.72 Å². The van der Waals surface area contributed by atoms with E-state index in [-0.39, 0.29) is 23.5 Å². The highest BCUT2D eigenvalue weighted by molar-refractivity contribution is 7.89. The van der Waals surface area contributed by atoms with Gasteiger partial charge >= 0.3 is 0 Å². The minimum absolute atomic E-state index is 0.0642. The number of benzene rings is 1. The lowest BCUT2D eigenvalue weighted by Crippen LogP contribution is -2.36. The summed E-state index contributed by atoms with van der Waals surface area (Å²) in [6.45, 7) is 5.85. The van der Waals surface area contributed by atoms with Gasteiger partial charge in [-0.2, -0.15) is 0 Å². The Kier molecular flexibility index (Phi) is 5.31. The normalized spacial score (nSPS) is 13.8. The summed E-state index contributed by atoms with van der Waals surface area (Å²) in [7, 11) is -3.45. The first-order valence-electron chi connectivity index (χ1n) is 6.09. The lowest BCUT2D eigenvalue weighted by Gasteiger charge is -2.17. The van der Waals surface area contributed by atoms with E-state index in [1.54, 1.807) is 24.3 Å². The summed E-state index contributed by atoms with van der Waals surface area (Å²) in [6.07, 6.45) is 0.538. The first-order chi connectivity index (χ1) is 8.36. The highest BCUT2D eigenvalue weighted by Crippen LogP contribution is 2.13. The number of hydrogen-bond donors (Lipinski definition) is 2. The molecular formula is C13H21NO3S. The maximum absolute atomic E-state index is 12.1. The first-order valence-corrected chi connectivity index (χ1v) is 7.57. The molecule has 102 valence electrons. The molecule has 0 aliphatic rings. The fourth-order valence-electron chi connectivity index (χ4n) is 1.41. The van der Waals surface area contributed by atoms with Crippen molar-refractivity contribution in [2.45, 2.75) is 38.1 Å². The Labute approximate surface area is 109 Å². The number of aliphatic hydroxyl groups is 1. The molecule has 0 spiro atoms. The second-order valence-corrected chi connectivity index (χ2v) is 6.49. The molecule has 1 atom stereocenters. The SMILES string of the molecule is CC(C)C(C)NS(=O)(=O)c1ccc(CCO)cc1. The van der Waals surface area contributed by atoms with Crippen molar-refractivity contribution in [3.63, 3.8) is 0 Å². The average molecular weight is 271 g/mol. The highest BCUT2D eigenvalue weighted by atomic mass is 32.2. The van der Waals surface area contributed by atoms with Crippen molar-refractivity contribution in [2.24, 2.45) is 5.92 Å². The molecule has 0 amide bonds. The van der Waals surface area contributed by atoms with E-state index in [4.69, 9.17) is 5.11 Å². The van der Waals surface area contributed by atoms with Crippen molar-refractivity contribution < 1.29 is 13.5 Å². The van der Waals surface area contributed by atoms with E-state index in [9.17, 15) is 8.42 Å². The molecule has 0 radical (unpaired) electrons. The summed E-state index contributed by atoms with van der Waals surface area (Å²) < 4.78 is 26.8. The van der Waals surface area contributed by atoms with Gasteiger partial charge in [-0.05, 0) is 37.0 Å². The van der Waals surface area contributed by atoms with Crippen LogP contribution in [0.3, 0.4) is 0 Å². The minimum atomic E-state index is -3.45. The topological polar surface area (TPSA) is 66.4 Å². The van der Waals surface area contributed by atoms with Gasteiger partial charge in [-0.25, -0.2) is 13.1 Å². The van der Waals surface area contributed by atoms with E-state index in [1.165, 1.54) is 0 Å². The Bertz CT molecular complexity index is 466. The van der Waals surface area contributed by atoms with Gasteiger partial charge in [-0.15, -0.1) is 0 Å². The summed E-state index contributed by atoms with van der Waals surface area (Å²) in [5.74, 6) is 0.244. The first kappa shape index (κ1) is 15.1. The van der Waals surface area contributed by atoms with Gasteiger partial charge in [0.15, 0.2) is 0 Å². The van der Waals surface area contributed by atoms with Gasteiger partial charge in [0, 0.05) is 12.6 Å². The molecule has 0 heterocycles. The van der Waals surface area contributed by atoms with E-state index < -0.39 is 10.0 Å². The molecule has 0 fully saturated rings. The molecule has 0 saturated carbocycles. The lowest BCUT2D eigenvalue weighted by atomic mass is 10.1.